The van der Waals surface area contributed by atoms with Gasteiger partial charge in [-0.2, -0.15) is 0 Å². The number of aromatic nitrogens is 2. The number of nitrogens with two attached hydrogens (primary N) is 1. The summed E-state index contributed by atoms with van der Waals surface area (Å²) in [5.41, 5.74) is 2.62. The van der Waals surface area contributed by atoms with Gasteiger partial charge in [-0.1, -0.05) is 6.92 Å². The minimum atomic E-state index is 0.461. The molecule has 17 heavy (non-hydrogen) atoms. The van der Waals surface area contributed by atoms with E-state index in [9.17, 15) is 0 Å². The van der Waals surface area contributed by atoms with Crippen molar-refractivity contribution < 1.29 is 0 Å². The number of nitrogens with one attached hydrogen (secondary N) is 1. The molecule has 1 aromatic rings. The van der Waals surface area contributed by atoms with Gasteiger partial charge in [-0.3, -0.25) is 0 Å². The molecule has 0 spiro atoms. The summed E-state index contributed by atoms with van der Waals surface area (Å²) in [6.45, 7) is 4.36. The first-order chi connectivity index (χ1) is 8.15. The van der Waals surface area contributed by atoms with Crippen molar-refractivity contribution >= 4 is 11.6 Å². The molecule has 0 radical (unpaired) electrons. The van der Waals surface area contributed by atoms with Crippen molar-refractivity contribution in [2.24, 2.45) is 5.84 Å². The smallest absolute Gasteiger partial charge is 0.145 e. The van der Waals surface area contributed by atoms with Crippen LogP contribution in [0.1, 0.15) is 44.9 Å². The van der Waals surface area contributed by atoms with Crippen molar-refractivity contribution in [1.29, 1.82) is 0 Å². The molecule has 1 aliphatic rings. The molecule has 0 saturated heterocycles. The van der Waals surface area contributed by atoms with Crippen LogP contribution in [-0.2, 0) is 0 Å². The lowest BCUT2D eigenvalue weighted by atomic mass is 10.2. The quantitative estimate of drug-likeness (QED) is 0.602. The van der Waals surface area contributed by atoms with Crippen molar-refractivity contribution in [2.45, 2.75) is 45.1 Å². The van der Waals surface area contributed by atoms with E-state index in [0.29, 0.717) is 17.8 Å². The highest BCUT2D eigenvalue weighted by atomic mass is 15.3. The lowest BCUT2D eigenvalue weighted by Gasteiger charge is -2.25. The maximum Gasteiger partial charge on any atom is 0.145 e. The second-order valence-corrected chi connectivity index (χ2v) is 4.76. The average molecular weight is 235 g/mol. The van der Waals surface area contributed by atoms with Crippen molar-refractivity contribution in [1.82, 2.24) is 9.97 Å². The van der Waals surface area contributed by atoms with E-state index in [1.807, 2.05) is 6.07 Å². The number of anilines is 2. The highest BCUT2D eigenvalue weighted by molar-refractivity contribution is 5.49. The number of hydrogen-bond donors (Lipinski definition) is 2. The van der Waals surface area contributed by atoms with Gasteiger partial charge in [0.2, 0.25) is 0 Å². The summed E-state index contributed by atoms with van der Waals surface area (Å²) < 4.78 is 0. The Hall–Kier alpha value is -1.36. The van der Waals surface area contributed by atoms with Gasteiger partial charge in [0, 0.05) is 25.1 Å². The number of rotatable bonds is 5. The van der Waals surface area contributed by atoms with Gasteiger partial charge in [-0.05, 0) is 26.2 Å². The zero-order chi connectivity index (χ0) is 12.4. The molecule has 2 rings (SSSR count). The molecule has 0 aromatic carbocycles. The van der Waals surface area contributed by atoms with E-state index >= 15 is 0 Å². The summed E-state index contributed by atoms with van der Waals surface area (Å²) in [7, 11) is 2.06. The molecule has 1 saturated carbocycles. The summed E-state index contributed by atoms with van der Waals surface area (Å²) in [5.74, 6) is 8.56. The molecule has 0 amide bonds. The van der Waals surface area contributed by atoms with Gasteiger partial charge in [-0.25, -0.2) is 15.8 Å². The van der Waals surface area contributed by atoms with Crippen LogP contribution in [0.4, 0.5) is 11.6 Å². The van der Waals surface area contributed by atoms with Crippen LogP contribution in [0, 0.1) is 0 Å². The second-order valence-electron chi connectivity index (χ2n) is 4.76. The van der Waals surface area contributed by atoms with Gasteiger partial charge in [0.1, 0.15) is 17.5 Å². The zero-order valence-corrected chi connectivity index (χ0v) is 10.8. The van der Waals surface area contributed by atoms with Crippen LogP contribution in [0.2, 0.25) is 0 Å². The van der Waals surface area contributed by atoms with Crippen LogP contribution in [-0.4, -0.2) is 23.1 Å². The molecule has 1 fully saturated rings. The van der Waals surface area contributed by atoms with Crippen molar-refractivity contribution in [3.8, 4) is 0 Å². The largest absolute Gasteiger partial charge is 0.357 e. The molecule has 1 unspecified atom stereocenters. The summed E-state index contributed by atoms with van der Waals surface area (Å²) in [5, 5.41) is 0. The maximum absolute atomic E-state index is 5.46. The van der Waals surface area contributed by atoms with E-state index in [0.717, 1.165) is 18.1 Å². The van der Waals surface area contributed by atoms with Crippen molar-refractivity contribution in [3.05, 3.63) is 11.9 Å². The molecule has 0 bridgehead atoms. The first-order valence-electron chi connectivity index (χ1n) is 6.24. The first kappa shape index (κ1) is 12.1. The maximum atomic E-state index is 5.46. The van der Waals surface area contributed by atoms with Gasteiger partial charge >= 0.3 is 0 Å². The summed E-state index contributed by atoms with van der Waals surface area (Å²) in [6, 6.07) is 2.36. The van der Waals surface area contributed by atoms with E-state index in [-0.39, 0.29) is 0 Å². The third-order valence-electron chi connectivity index (χ3n) is 3.43. The molecule has 5 nitrogen and oxygen atoms in total. The van der Waals surface area contributed by atoms with E-state index in [1.54, 1.807) is 0 Å². The van der Waals surface area contributed by atoms with E-state index in [1.165, 1.54) is 12.8 Å². The molecule has 3 N–H and O–H groups in total. The predicted molar refractivity (Wildman–Crippen MR) is 70.0 cm³/mol. The van der Waals surface area contributed by atoms with Gasteiger partial charge in [0.25, 0.3) is 0 Å². The molecular weight excluding hydrogens is 214 g/mol. The van der Waals surface area contributed by atoms with Crippen LogP contribution in [0.15, 0.2) is 6.07 Å². The average Bonchev–Trinajstić information content (AvgIpc) is 3.20. The Morgan fingerprint density at radius 2 is 2.24 bits per heavy atom. The number of hydrogen-bond acceptors (Lipinski definition) is 5. The fraction of sp³-hybridized carbons (Fsp3) is 0.667. The van der Waals surface area contributed by atoms with Crippen LogP contribution in [0.25, 0.3) is 0 Å². The lowest BCUT2D eigenvalue weighted by molar-refractivity contribution is 0.654. The Bertz CT molecular complexity index is 388. The standard InChI is InChI=1S/C12H21N5/c1-4-8(2)17(3)11-7-10(16-13)14-12(15-11)9-5-6-9/h7-9H,4-6,13H2,1-3H3,(H,14,15,16). The minimum Gasteiger partial charge on any atom is -0.357 e. The highest BCUT2D eigenvalue weighted by Crippen LogP contribution is 2.39. The third kappa shape index (κ3) is 2.66. The van der Waals surface area contributed by atoms with Crippen LogP contribution in [0.5, 0.6) is 0 Å². The molecule has 1 aliphatic carbocycles. The fourth-order valence-corrected chi connectivity index (χ4v) is 1.73. The lowest BCUT2D eigenvalue weighted by Crippen LogP contribution is -2.29. The van der Waals surface area contributed by atoms with E-state index in [4.69, 9.17) is 5.84 Å². The van der Waals surface area contributed by atoms with Crippen LogP contribution >= 0.6 is 0 Å². The van der Waals surface area contributed by atoms with Gasteiger partial charge in [0.15, 0.2) is 0 Å². The topological polar surface area (TPSA) is 67.1 Å². The Morgan fingerprint density at radius 3 is 2.76 bits per heavy atom. The second kappa shape index (κ2) is 4.87. The minimum absolute atomic E-state index is 0.461. The first-order valence-corrected chi connectivity index (χ1v) is 6.24. The number of nitrogen functional groups attached to an aromatic ring is 1. The van der Waals surface area contributed by atoms with Crippen molar-refractivity contribution in [3.63, 3.8) is 0 Å². The Balaban J connectivity index is 2.28. The normalized spacial score (nSPS) is 16.7. The molecular formula is C12H21N5. The van der Waals surface area contributed by atoms with Gasteiger partial charge < -0.3 is 10.3 Å². The monoisotopic (exact) mass is 235 g/mol. The van der Waals surface area contributed by atoms with Crippen molar-refractivity contribution in [2.75, 3.05) is 17.4 Å². The molecule has 5 heteroatoms. The molecule has 1 aromatic heterocycles. The molecule has 94 valence electrons. The summed E-state index contributed by atoms with van der Waals surface area (Å²) in [6.07, 6.45) is 3.48. The van der Waals surface area contributed by atoms with Crippen LogP contribution < -0.4 is 16.2 Å². The predicted octanol–water partition coefficient (Wildman–Crippen LogP) is 1.87. The Labute approximate surface area is 102 Å². The number of hydrazine groups is 1. The third-order valence-corrected chi connectivity index (χ3v) is 3.43. The summed E-state index contributed by atoms with van der Waals surface area (Å²) in [4.78, 5) is 11.2. The van der Waals surface area contributed by atoms with Crippen LogP contribution in [0.3, 0.4) is 0 Å². The molecule has 1 atom stereocenters. The molecule has 1 heterocycles. The molecule has 0 aliphatic heterocycles. The fourth-order valence-electron chi connectivity index (χ4n) is 1.73. The highest BCUT2D eigenvalue weighted by Gasteiger charge is 2.28. The van der Waals surface area contributed by atoms with Gasteiger partial charge in [0.05, 0.1) is 0 Å². The van der Waals surface area contributed by atoms with E-state index < -0.39 is 0 Å². The Kier molecular flexibility index (Phi) is 3.47. The Morgan fingerprint density at radius 1 is 1.53 bits per heavy atom. The SMILES string of the molecule is CCC(C)N(C)c1cc(NN)nc(C2CC2)n1. The zero-order valence-electron chi connectivity index (χ0n) is 10.8. The number of nitrogens with zero attached hydrogens (tertiary/aromatic N) is 3. The van der Waals surface area contributed by atoms with Gasteiger partial charge in [-0.15, -0.1) is 0 Å². The summed E-state index contributed by atoms with van der Waals surface area (Å²) >= 11 is 0. The van der Waals surface area contributed by atoms with E-state index in [2.05, 4.69) is 41.2 Å².